The van der Waals surface area contributed by atoms with Gasteiger partial charge in [0.2, 0.25) is 5.91 Å². The molecule has 1 aliphatic heterocycles. The highest BCUT2D eigenvalue weighted by atomic mass is 16.5. The van der Waals surface area contributed by atoms with E-state index in [1.807, 2.05) is 12.1 Å². The molecule has 1 aliphatic carbocycles. The van der Waals surface area contributed by atoms with Crippen molar-refractivity contribution in [3.05, 3.63) is 35.9 Å². The molecule has 0 aromatic heterocycles. The summed E-state index contributed by atoms with van der Waals surface area (Å²) in [5.41, 5.74) is 1.14. The molecular formula is C17H21NO2. The molecule has 2 aliphatic rings. The lowest BCUT2D eigenvalue weighted by molar-refractivity contribution is -0.119. The van der Waals surface area contributed by atoms with E-state index in [1.165, 1.54) is 25.7 Å². The molecule has 1 heterocycles. The highest BCUT2D eigenvalue weighted by Gasteiger charge is 2.18. The molecule has 1 amide bonds. The summed E-state index contributed by atoms with van der Waals surface area (Å²) in [6.07, 6.45) is 11.0. The lowest BCUT2D eigenvalue weighted by Gasteiger charge is -2.12. The van der Waals surface area contributed by atoms with Crippen LogP contribution in [-0.2, 0) is 4.79 Å². The molecule has 1 N–H and O–H groups in total. The Hall–Kier alpha value is -1.77. The first-order valence-electron chi connectivity index (χ1n) is 7.54. The Morgan fingerprint density at radius 1 is 1.10 bits per heavy atom. The molecule has 106 valence electrons. The minimum atomic E-state index is 0.153. The zero-order chi connectivity index (χ0) is 13.8. The van der Waals surface area contributed by atoms with Gasteiger partial charge in [-0.25, -0.2) is 0 Å². The zero-order valence-corrected chi connectivity index (χ0v) is 11.7. The van der Waals surface area contributed by atoms with Crippen LogP contribution in [0.4, 0.5) is 0 Å². The highest BCUT2D eigenvalue weighted by Crippen LogP contribution is 2.24. The molecule has 1 aromatic carbocycles. The molecule has 1 saturated heterocycles. The third kappa shape index (κ3) is 3.41. The molecule has 0 bridgehead atoms. The molecule has 2 fully saturated rings. The van der Waals surface area contributed by atoms with E-state index < -0.39 is 0 Å². The number of amides is 1. The molecule has 0 radical (unpaired) electrons. The van der Waals surface area contributed by atoms with Crippen LogP contribution in [0.5, 0.6) is 5.75 Å². The number of nitrogens with one attached hydrogen (secondary N) is 1. The summed E-state index contributed by atoms with van der Waals surface area (Å²) in [4.78, 5) is 11.1. The van der Waals surface area contributed by atoms with E-state index in [9.17, 15) is 4.79 Å². The lowest BCUT2D eigenvalue weighted by atomic mass is 10.1. The molecular weight excluding hydrogens is 250 g/mol. The summed E-state index contributed by atoms with van der Waals surface area (Å²) in [6, 6.07) is 8.39. The summed E-state index contributed by atoms with van der Waals surface area (Å²) < 4.78 is 5.94. The van der Waals surface area contributed by atoms with Gasteiger partial charge in [0.25, 0.3) is 0 Å². The molecule has 3 heteroatoms. The van der Waals surface area contributed by atoms with Gasteiger partial charge in [0.15, 0.2) is 0 Å². The fourth-order valence-electron chi connectivity index (χ4n) is 2.87. The van der Waals surface area contributed by atoms with Crippen LogP contribution in [-0.4, -0.2) is 18.1 Å². The molecule has 1 atom stereocenters. The summed E-state index contributed by atoms with van der Waals surface area (Å²) in [5.74, 6) is 1.11. The molecule has 1 aromatic rings. The van der Waals surface area contributed by atoms with Crippen LogP contribution < -0.4 is 10.1 Å². The quantitative estimate of drug-likeness (QED) is 0.912. The van der Waals surface area contributed by atoms with Gasteiger partial charge in [-0.15, -0.1) is 0 Å². The first-order chi connectivity index (χ1) is 9.79. The van der Waals surface area contributed by atoms with E-state index in [2.05, 4.69) is 29.6 Å². The first-order valence-corrected chi connectivity index (χ1v) is 7.54. The van der Waals surface area contributed by atoms with Crippen molar-refractivity contribution >= 4 is 12.0 Å². The third-order valence-corrected chi connectivity index (χ3v) is 4.03. The summed E-state index contributed by atoms with van der Waals surface area (Å²) in [6.45, 7) is 0. The van der Waals surface area contributed by atoms with Crippen molar-refractivity contribution in [3.63, 3.8) is 0 Å². The van der Waals surface area contributed by atoms with Crippen LogP contribution >= 0.6 is 0 Å². The fourth-order valence-corrected chi connectivity index (χ4v) is 2.87. The maximum atomic E-state index is 11.1. The molecule has 1 saturated carbocycles. The predicted molar refractivity (Wildman–Crippen MR) is 79.5 cm³/mol. The van der Waals surface area contributed by atoms with E-state index in [-0.39, 0.29) is 11.9 Å². The number of carbonyl (C=O) groups excluding carboxylic acids is 1. The van der Waals surface area contributed by atoms with Crippen LogP contribution in [0, 0.1) is 0 Å². The van der Waals surface area contributed by atoms with Gasteiger partial charge >= 0.3 is 0 Å². The number of hydrogen-bond donors (Lipinski definition) is 1. The average molecular weight is 271 g/mol. The Morgan fingerprint density at radius 3 is 2.50 bits per heavy atom. The van der Waals surface area contributed by atoms with Gasteiger partial charge in [-0.3, -0.25) is 4.79 Å². The van der Waals surface area contributed by atoms with Crippen LogP contribution in [0.15, 0.2) is 30.3 Å². The van der Waals surface area contributed by atoms with Crippen LogP contribution in [0.1, 0.15) is 44.1 Å². The molecule has 3 nitrogen and oxygen atoms in total. The van der Waals surface area contributed by atoms with Crippen molar-refractivity contribution in [1.82, 2.24) is 5.32 Å². The lowest BCUT2D eigenvalue weighted by Crippen LogP contribution is -2.22. The zero-order valence-electron chi connectivity index (χ0n) is 11.7. The number of hydrogen-bond acceptors (Lipinski definition) is 2. The van der Waals surface area contributed by atoms with Crippen molar-refractivity contribution in [2.45, 2.75) is 50.7 Å². The Kier molecular flexibility index (Phi) is 4.05. The van der Waals surface area contributed by atoms with Gasteiger partial charge < -0.3 is 10.1 Å². The van der Waals surface area contributed by atoms with Crippen LogP contribution in [0.3, 0.4) is 0 Å². The molecule has 0 spiro atoms. The monoisotopic (exact) mass is 271 g/mol. The highest BCUT2D eigenvalue weighted by molar-refractivity contribution is 5.79. The largest absolute Gasteiger partial charge is 0.490 e. The van der Waals surface area contributed by atoms with Gasteiger partial charge in [-0.2, -0.15) is 0 Å². The van der Waals surface area contributed by atoms with Gasteiger partial charge in [0.05, 0.1) is 6.10 Å². The standard InChI is InChI=1S/C17H21NO2/c19-17-12-9-14(18-17)8-5-13-6-10-16(11-7-13)20-15-3-1-2-4-15/h5-8,10-11,14-15H,1-4,9,12H2,(H,18,19)/b8-5+/t14-/m0/s1. The van der Waals surface area contributed by atoms with E-state index in [4.69, 9.17) is 4.74 Å². The second kappa shape index (κ2) is 6.12. The molecule has 20 heavy (non-hydrogen) atoms. The van der Waals surface area contributed by atoms with Crippen molar-refractivity contribution in [1.29, 1.82) is 0 Å². The Labute approximate surface area is 120 Å². The maximum absolute atomic E-state index is 11.1. The van der Waals surface area contributed by atoms with Gasteiger partial charge in [-0.05, 0) is 49.8 Å². The van der Waals surface area contributed by atoms with Gasteiger partial charge in [0.1, 0.15) is 5.75 Å². The van der Waals surface area contributed by atoms with E-state index in [0.717, 1.165) is 17.7 Å². The van der Waals surface area contributed by atoms with Crippen LogP contribution in [0.25, 0.3) is 6.08 Å². The van der Waals surface area contributed by atoms with Crippen molar-refractivity contribution < 1.29 is 9.53 Å². The van der Waals surface area contributed by atoms with Crippen molar-refractivity contribution in [2.24, 2.45) is 0 Å². The number of benzene rings is 1. The second-order valence-electron chi connectivity index (χ2n) is 5.67. The number of ether oxygens (including phenoxy) is 1. The second-order valence-corrected chi connectivity index (χ2v) is 5.67. The Bertz CT molecular complexity index is 486. The average Bonchev–Trinajstić information content (AvgIpc) is 3.10. The Morgan fingerprint density at radius 2 is 1.85 bits per heavy atom. The van der Waals surface area contributed by atoms with Crippen LogP contribution in [0.2, 0.25) is 0 Å². The van der Waals surface area contributed by atoms with E-state index in [0.29, 0.717) is 12.5 Å². The Balaban J connectivity index is 1.55. The van der Waals surface area contributed by atoms with Crippen molar-refractivity contribution in [3.8, 4) is 5.75 Å². The van der Waals surface area contributed by atoms with E-state index in [1.54, 1.807) is 0 Å². The van der Waals surface area contributed by atoms with E-state index >= 15 is 0 Å². The number of carbonyl (C=O) groups is 1. The van der Waals surface area contributed by atoms with Gasteiger partial charge in [0, 0.05) is 12.5 Å². The normalized spacial score (nSPS) is 23.4. The molecule has 0 unspecified atom stereocenters. The van der Waals surface area contributed by atoms with Gasteiger partial charge in [-0.1, -0.05) is 24.3 Å². The minimum absolute atomic E-state index is 0.153. The fraction of sp³-hybridized carbons (Fsp3) is 0.471. The summed E-state index contributed by atoms with van der Waals surface area (Å²) >= 11 is 0. The SMILES string of the molecule is O=C1CC[C@H](/C=C/c2ccc(OC3CCCC3)cc2)N1. The molecule has 3 rings (SSSR count). The summed E-state index contributed by atoms with van der Waals surface area (Å²) in [5, 5.41) is 2.93. The van der Waals surface area contributed by atoms with Crippen molar-refractivity contribution in [2.75, 3.05) is 0 Å². The maximum Gasteiger partial charge on any atom is 0.220 e. The predicted octanol–water partition coefficient (Wildman–Crippen LogP) is 3.30. The summed E-state index contributed by atoms with van der Waals surface area (Å²) in [7, 11) is 0. The first kappa shape index (κ1) is 13.2. The third-order valence-electron chi connectivity index (χ3n) is 4.03. The smallest absolute Gasteiger partial charge is 0.220 e. The number of rotatable bonds is 4. The topological polar surface area (TPSA) is 38.3 Å². The minimum Gasteiger partial charge on any atom is -0.490 e.